The molecule has 0 spiro atoms. The van der Waals surface area contributed by atoms with Crippen LogP contribution in [0.25, 0.3) is 16.7 Å². The molecule has 1 amide bonds. The van der Waals surface area contributed by atoms with Gasteiger partial charge in [-0.2, -0.15) is 5.10 Å². The van der Waals surface area contributed by atoms with E-state index in [1.165, 1.54) is 12.5 Å². The monoisotopic (exact) mass is 392 g/mol. The third-order valence-electron chi connectivity index (χ3n) is 6.00. The van der Waals surface area contributed by atoms with E-state index in [0.717, 1.165) is 55.5 Å². The molecule has 0 atom stereocenters. The summed E-state index contributed by atoms with van der Waals surface area (Å²) in [5.41, 5.74) is 3.37. The van der Waals surface area contributed by atoms with Gasteiger partial charge in [0.2, 0.25) is 0 Å². The molecule has 150 valence electrons. The van der Waals surface area contributed by atoms with Crippen LogP contribution in [-0.4, -0.2) is 38.7 Å². The smallest absolute Gasteiger partial charge is 0.254 e. The SMILES string of the molecule is CCc1cc(C(=O)N2CCCCC2)c2c(C3CC3)nn(-c3ccccc3F)c2n1. The topological polar surface area (TPSA) is 51.0 Å². The lowest BCUT2D eigenvalue weighted by molar-refractivity contribution is 0.0726. The lowest BCUT2D eigenvalue weighted by Gasteiger charge is -2.27. The number of aromatic nitrogens is 3. The van der Waals surface area contributed by atoms with Crippen LogP contribution in [0.15, 0.2) is 30.3 Å². The Labute approximate surface area is 169 Å². The number of hydrogen-bond acceptors (Lipinski definition) is 3. The number of nitrogens with zero attached hydrogens (tertiary/aromatic N) is 4. The van der Waals surface area contributed by atoms with Gasteiger partial charge >= 0.3 is 0 Å². The highest BCUT2D eigenvalue weighted by molar-refractivity contribution is 6.07. The number of likely N-dealkylation sites (tertiary alicyclic amines) is 1. The molecule has 2 fully saturated rings. The summed E-state index contributed by atoms with van der Waals surface area (Å²) in [5.74, 6) is 0.0429. The Morgan fingerprint density at radius 3 is 2.62 bits per heavy atom. The Bertz CT molecular complexity index is 1080. The molecule has 2 aromatic heterocycles. The van der Waals surface area contributed by atoms with E-state index in [0.29, 0.717) is 29.2 Å². The molecule has 5 nitrogen and oxygen atoms in total. The van der Waals surface area contributed by atoms with Crippen LogP contribution in [0.5, 0.6) is 0 Å². The van der Waals surface area contributed by atoms with Gasteiger partial charge in [-0.15, -0.1) is 0 Å². The summed E-state index contributed by atoms with van der Waals surface area (Å²) in [4.78, 5) is 20.2. The third-order valence-corrected chi connectivity index (χ3v) is 6.00. The standard InChI is InChI=1S/C23H25FN4O/c1-2-16-14-17(23(29)27-12-6-3-7-13-27)20-21(15-10-11-15)26-28(22(20)25-16)19-9-5-4-8-18(19)24/h4-5,8-9,14-15H,2-3,6-7,10-13H2,1H3. The minimum absolute atomic E-state index is 0.0572. The molecule has 1 aliphatic carbocycles. The van der Waals surface area contributed by atoms with E-state index in [1.807, 2.05) is 17.9 Å². The summed E-state index contributed by atoms with van der Waals surface area (Å²) >= 11 is 0. The normalized spacial score (nSPS) is 17.1. The van der Waals surface area contributed by atoms with E-state index in [1.54, 1.807) is 22.9 Å². The maximum Gasteiger partial charge on any atom is 0.254 e. The number of para-hydroxylation sites is 1. The average molecular weight is 392 g/mol. The van der Waals surface area contributed by atoms with E-state index in [9.17, 15) is 9.18 Å². The Hall–Kier alpha value is -2.76. The lowest BCUT2D eigenvalue weighted by atomic mass is 10.0. The molecule has 0 unspecified atom stereocenters. The fraction of sp³-hybridized carbons (Fsp3) is 0.435. The van der Waals surface area contributed by atoms with Crippen molar-refractivity contribution in [2.75, 3.05) is 13.1 Å². The van der Waals surface area contributed by atoms with Crippen LogP contribution in [0.4, 0.5) is 4.39 Å². The number of pyridine rings is 1. The molecule has 1 aliphatic heterocycles. The summed E-state index contributed by atoms with van der Waals surface area (Å²) in [6.07, 6.45) is 6.08. The number of fused-ring (bicyclic) bond motifs is 1. The molecule has 0 bridgehead atoms. The van der Waals surface area contributed by atoms with Crippen molar-refractivity contribution in [2.45, 2.75) is 51.4 Å². The number of halogens is 1. The maximum absolute atomic E-state index is 14.6. The zero-order valence-electron chi connectivity index (χ0n) is 16.7. The maximum atomic E-state index is 14.6. The van der Waals surface area contributed by atoms with Crippen molar-refractivity contribution in [1.82, 2.24) is 19.7 Å². The van der Waals surface area contributed by atoms with Crippen LogP contribution < -0.4 is 0 Å². The summed E-state index contributed by atoms with van der Waals surface area (Å²) < 4.78 is 16.2. The van der Waals surface area contributed by atoms with Gasteiger partial charge in [-0.25, -0.2) is 14.1 Å². The number of aryl methyl sites for hydroxylation is 1. The van der Waals surface area contributed by atoms with Gasteiger partial charge in [0.25, 0.3) is 5.91 Å². The minimum atomic E-state index is -0.341. The first-order valence-corrected chi connectivity index (χ1v) is 10.6. The quantitative estimate of drug-likeness (QED) is 0.651. The highest BCUT2D eigenvalue weighted by Crippen LogP contribution is 2.44. The Morgan fingerprint density at radius 1 is 1.17 bits per heavy atom. The van der Waals surface area contributed by atoms with E-state index in [2.05, 4.69) is 0 Å². The van der Waals surface area contributed by atoms with Crippen molar-refractivity contribution in [3.8, 4) is 5.69 Å². The summed E-state index contributed by atoms with van der Waals surface area (Å²) in [5, 5.41) is 5.60. The second-order valence-corrected chi connectivity index (χ2v) is 8.09. The predicted octanol–water partition coefficient (Wildman–Crippen LogP) is 4.63. The van der Waals surface area contributed by atoms with Gasteiger partial charge in [-0.1, -0.05) is 19.1 Å². The average Bonchev–Trinajstić information content (AvgIpc) is 3.54. The van der Waals surface area contributed by atoms with Gasteiger partial charge in [0.15, 0.2) is 5.65 Å². The van der Waals surface area contributed by atoms with Crippen LogP contribution in [0.3, 0.4) is 0 Å². The number of carbonyl (C=O) groups is 1. The minimum Gasteiger partial charge on any atom is -0.339 e. The van der Waals surface area contributed by atoms with Crippen molar-refractivity contribution >= 4 is 16.9 Å². The van der Waals surface area contributed by atoms with Crippen LogP contribution >= 0.6 is 0 Å². The number of piperidine rings is 1. The van der Waals surface area contributed by atoms with Crippen molar-refractivity contribution in [3.05, 3.63) is 53.1 Å². The van der Waals surface area contributed by atoms with Gasteiger partial charge in [0.1, 0.15) is 11.5 Å². The number of rotatable bonds is 4. The van der Waals surface area contributed by atoms with Crippen LogP contribution in [0.2, 0.25) is 0 Å². The number of carbonyl (C=O) groups excluding carboxylic acids is 1. The van der Waals surface area contributed by atoms with Gasteiger partial charge in [0.05, 0.1) is 16.6 Å². The van der Waals surface area contributed by atoms with E-state index < -0.39 is 0 Å². The molecule has 1 aromatic carbocycles. The first-order valence-electron chi connectivity index (χ1n) is 10.6. The van der Waals surface area contributed by atoms with Crippen molar-refractivity contribution < 1.29 is 9.18 Å². The molecule has 29 heavy (non-hydrogen) atoms. The molecular weight excluding hydrogens is 367 g/mol. The van der Waals surface area contributed by atoms with E-state index >= 15 is 0 Å². The number of hydrogen-bond donors (Lipinski definition) is 0. The fourth-order valence-corrected chi connectivity index (χ4v) is 4.25. The highest BCUT2D eigenvalue weighted by Gasteiger charge is 2.33. The first kappa shape index (κ1) is 18.3. The predicted molar refractivity (Wildman–Crippen MR) is 110 cm³/mol. The van der Waals surface area contributed by atoms with Crippen LogP contribution in [-0.2, 0) is 6.42 Å². The molecule has 2 aliphatic rings. The van der Waals surface area contributed by atoms with Crippen molar-refractivity contribution in [3.63, 3.8) is 0 Å². The molecule has 0 N–H and O–H groups in total. The zero-order chi connectivity index (χ0) is 20.0. The zero-order valence-corrected chi connectivity index (χ0v) is 16.7. The van der Waals surface area contributed by atoms with Gasteiger partial charge in [-0.05, 0) is 56.7 Å². The Morgan fingerprint density at radius 2 is 1.93 bits per heavy atom. The highest BCUT2D eigenvalue weighted by atomic mass is 19.1. The molecule has 3 aromatic rings. The Balaban J connectivity index is 1.75. The number of amides is 1. The van der Waals surface area contributed by atoms with Crippen LogP contribution in [0.1, 0.15) is 66.7 Å². The lowest BCUT2D eigenvalue weighted by Crippen LogP contribution is -2.35. The molecule has 0 radical (unpaired) electrons. The van der Waals surface area contributed by atoms with Crippen molar-refractivity contribution in [2.24, 2.45) is 0 Å². The van der Waals surface area contributed by atoms with Gasteiger partial charge in [-0.3, -0.25) is 4.79 Å². The molecule has 5 rings (SSSR count). The largest absolute Gasteiger partial charge is 0.339 e. The molecule has 3 heterocycles. The summed E-state index contributed by atoms with van der Waals surface area (Å²) in [6, 6.07) is 8.54. The Kier molecular flexibility index (Phi) is 4.57. The third kappa shape index (κ3) is 3.20. The van der Waals surface area contributed by atoms with Crippen molar-refractivity contribution in [1.29, 1.82) is 0 Å². The number of benzene rings is 1. The van der Waals surface area contributed by atoms with E-state index in [-0.39, 0.29) is 11.7 Å². The molecule has 1 saturated heterocycles. The fourth-order valence-electron chi connectivity index (χ4n) is 4.25. The van der Waals surface area contributed by atoms with Gasteiger partial charge < -0.3 is 4.90 Å². The second-order valence-electron chi connectivity index (χ2n) is 8.09. The summed E-state index contributed by atoms with van der Waals surface area (Å²) in [6.45, 7) is 3.61. The summed E-state index contributed by atoms with van der Waals surface area (Å²) in [7, 11) is 0. The molecular formula is C23H25FN4O. The van der Waals surface area contributed by atoms with Gasteiger partial charge in [0, 0.05) is 24.7 Å². The first-order chi connectivity index (χ1) is 14.2. The van der Waals surface area contributed by atoms with Crippen LogP contribution in [0, 0.1) is 5.82 Å². The molecule has 6 heteroatoms. The van der Waals surface area contributed by atoms with E-state index in [4.69, 9.17) is 10.1 Å². The molecule has 1 saturated carbocycles. The second kappa shape index (κ2) is 7.25.